The lowest BCUT2D eigenvalue weighted by atomic mass is 10.1. The van der Waals surface area contributed by atoms with Gasteiger partial charge in [0.1, 0.15) is 0 Å². The second kappa shape index (κ2) is 6.93. The zero-order valence-electron chi connectivity index (χ0n) is 11.6. The first kappa shape index (κ1) is 14.4. The summed E-state index contributed by atoms with van der Waals surface area (Å²) < 4.78 is 0. The Bertz CT molecular complexity index is 482. The number of nitrogen functional groups attached to an aromatic ring is 1. The van der Waals surface area contributed by atoms with Crippen LogP contribution in [0.25, 0.3) is 0 Å². The van der Waals surface area contributed by atoms with Crippen molar-refractivity contribution in [2.24, 2.45) is 0 Å². The van der Waals surface area contributed by atoms with Gasteiger partial charge < -0.3 is 16.0 Å². The highest BCUT2D eigenvalue weighted by molar-refractivity contribution is 5.80. The fraction of sp³-hybridized carbons (Fsp3) is 0.467. The minimum atomic E-state index is -0.0789. The van der Waals surface area contributed by atoms with Crippen LogP contribution in [0.3, 0.4) is 0 Å². The molecule has 20 heavy (non-hydrogen) atoms. The smallest absolute Gasteiger partial charge is 0.224 e. The van der Waals surface area contributed by atoms with Gasteiger partial charge in [-0.25, -0.2) is 0 Å². The molecular weight excluding hydrogens is 254 g/mol. The summed E-state index contributed by atoms with van der Waals surface area (Å²) in [6, 6.07) is 7.27. The van der Waals surface area contributed by atoms with Gasteiger partial charge in [-0.2, -0.15) is 0 Å². The zero-order valence-corrected chi connectivity index (χ0v) is 11.6. The topological polar surface area (TPSA) is 75.4 Å². The number of rotatable bonds is 5. The lowest BCUT2D eigenvalue weighted by Gasteiger charge is -2.15. The van der Waals surface area contributed by atoms with E-state index in [0.717, 1.165) is 31.5 Å². The Balaban J connectivity index is 1.68. The first-order valence-corrected chi connectivity index (χ1v) is 7.04. The van der Waals surface area contributed by atoms with E-state index in [0.29, 0.717) is 25.1 Å². The molecule has 0 spiro atoms. The lowest BCUT2D eigenvalue weighted by Crippen LogP contribution is -2.33. The Hall–Kier alpha value is -2.04. The molecule has 1 saturated heterocycles. The summed E-state index contributed by atoms with van der Waals surface area (Å²) in [5.74, 6) is 0.0524. The van der Waals surface area contributed by atoms with Crippen molar-refractivity contribution in [3.05, 3.63) is 29.8 Å². The monoisotopic (exact) mass is 275 g/mol. The summed E-state index contributed by atoms with van der Waals surface area (Å²) in [5.41, 5.74) is 7.20. The predicted octanol–water partition coefficient (Wildman–Crippen LogP) is 0.940. The zero-order chi connectivity index (χ0) is 14.4. The summed E-state index contributed by atoms with van der Waals surface area (Å²) >= 11 is 0. The molecule has 0 bridgehead atoms. The number of nitrogens with one attached hydrogen (secondary N) is 1. The van der Waals surface area contributed by atoms with Gasteiger partial charge in [0, 0.05) is 31.7 Å². The van der Waals surface area contributed by atoms with Gasteiger partial charge in [0.2, 0.25) is 11.8 Å². The Morgan fingerprint density at radius 2 is 2.00 bits per heavy atom. The van der Waals surface area contributed by atoms with Gasteiger partial charge in [0.25, 0.3) is 0 Å². The first-order valence-electron chi connectivity index (χ1n) is 7.04. The normalized spacial score (nSPS) is 14.3. The molecule has 1 aliphatic heterocycles. The summed E-state index contributed by atoms with van der Waals surface area (Å²) in [4.78, 5) is 25.4. The average Bonchev–Trinajstić information content (AvgIpc) is 2.92. The third kappa shape index (κ3) is 4.26. The lowest BCUT2D eigenvalue weighted by molar-refractivity contribution is -0.130. The second-order valence-corrected chi connectivity index (χ2v) is 5.11. The van der Waals surface area contributed by atoms with Gasteiger partial charge in [-0.3, -0.25) is 9.59 Å². The van der Waals surface area contributed by atoms with E-state index in [2.05, 4.69) is 5.32 Å². The van der Waals surface area contributed by atoms with E-state index in [9.17, 15) is 9.59 Å². The van der Waals surface area contributed by atoms with Crippen LogP contribution >= 0.6 is 0 Å². The van der Waals surface area contributed by atoms with Gasteiger partial charge in [-0.05, 0) is 30.5 Å². The van der Waals surface area contributed by atoms with Crippen LogP contribution in [0, 0.1) is 0 Å². The Labute approximate surface area is 119 Å². The van der Waals surface area contributed by atoms with Crippen LogP contribution in [0.1, 0.15) is 24.8 Å². The summed E-state index contributed by atoms with van der Waals surface area (Å²) in [7, 11) is 0. The van der Waals surface area contributed by atoms with Crippen LogP contribution in [0.15, 0.2) is 24.3 Å². The minimum absolute atomic E-state index is 0.0789. The number of anilines is 1. The maximum absolute atomic E-state index is 11.8. The SMILES string of the molecule is Nc1cccc(CC(=O)NCCC(=O)N2CCCC2)c1. The van der Waals surface area contributed by atoms with E-state index >= 15 is 0 Å². The van der Waals surface area contributed by atoms with E-state index in [1.165, 1.54) is 0 Å². The molecule has 2 amide bonds. The molecule has 0 aromatic heterocycles. The van der Waals surface area contributed by atoms with Gasteiger partial charge in [0.05, 0.1) is 6.42 Å². The van der Waals surface area contributed by atoms with Crippen molar-refractivity contribution in [1.82, 2.24) is 10.2 Å². The molecule has 0 radical (unpaired) electrons. The van der Waals surface area contributed by atoms with Crippen molar-refractivity contribution in [1.29, 1.82) is 0 Å². The number of hydrogen-bond acceptors (Lipinski definition) is 3. The van der Waals surface area contributed by atoms with E-state index in [4.69, 9.17) is 5.73 Å². The quantitative estimate of drug-likeness (QED) is 0.785. The third-order valence-corrected chi connectivity index (χ3v) is 3.44. The van der Waals surface area contributed by atoms with Gasteiger partial charge in [0.15, 0.2) is 0 Å². The van der Waals surface area contributed by atoms with Crippen molar-refractivity contribution in [2.45, 2.75) is 25.7 Å². The van der Waals surface area contributed by atoms with E-state index in [-0.39, 0.29) is 11.8 Å². The van der Waals surface area contributed by atoms with Crippen LogP contribution in [-0.4, -0.2) is 36.3 Å². The number of benzene rings is 1. The van der Waals surface area contributed by atoms with Gasteiger partial charge >= 0.3 is 0 Å². The maximum Gasteiger partial charge on any atom is 0.224 e. The molecule has 0 atom stereocenters. The number of likely N-dealkylation sites (tertiary alicyclic amines) is 1. The highest BCUT2D eigenvalue weighted by Crippen LogP contribution is 2.09. The number of amides is 2. The number of carbonyl (C=O) groups is 2. The number of hydrogen-bond donors (Lipinski definition) is 2. The molecule has 0 aliphatic carbocycles. The van der Waals surface area contributed by atoms with Crippen LogP contribution in [-0.2, 0) is 16.0 Å². The summed E-state index contributed by atoms with van der Waals surface area (Å²) in [6.07, 6.45) is 2.85. The van der Waals surface area contributed by atoms with E-state index in [1.807, 2.05) is 17.0 Å². The summed E-state index contributed by atoms with van der Waals surface area (Å²) in [5, 5.41) is 2.78. The van der Waals surface area contributed by atoms with E-state index < -0.39 is 0 Å². The van der Waals surface area contributed by atoms with Gasteiger partial charge in [-0.15, -0.1) is 0 Å². The number of nitrogens with zero attached hydrogens (tertiary/aromatic N) is 1. The van der Waals surface area contributed by atoms with Crippen molar-refractivity contribution < 1.29 is 9.59 Å². The maximum atomic E-state index is 11.8. The van der Waals surface area contributed by atoms with Crippen molar-refractivity contribution in [3.63, 3.8) is 0 Å². The molecule has 108 valence electrons. The Morgan fingerprint density at radius 1 is 1.25 bits per heavy atom. The molecular formula is C15H21N3O2. The number of nitrogens with two attached hydrogens (primary N) is 1. The van der Waals surface area contributed by atoms with Crippen molar-refractivity contribution in [2.75, 3.05) is 25.4 Å². The molecule has 2 rings (SSSR count). The molecule has 0 saturated carbocycles. The van der Waals surface area contributed by atoms with E-state index in [1.54, 1.807) is 12.1 Å². The molecule has 0 unspecified atom stereocenters. The fourth-order valence-electron chi connectivity index (χ4n) is 2.38. The van der Waals surface area contributed by atoms with Crippen LogP contribution in [0.2, 0.25) is 0 Å². The second-order valence-electron chi connectivity index (χ2n) is 5.11. The molecule has 5 heteroatoms. The molecule has 1 aromatic carbocycles. The van der Waals surface area contributed by atoms with Crippen LogP contribution in [0.4, 0.5) is 5.69 Å². The standard InChI is InChI=1S/C15H21N3O2/c16-13-5-3-4-12(10-13)11-14(19)17-7-6-15(20)18-8-1-2-9-18/h3-5,10H,1-2,6-9,11,16H2,(H,17,19). The fourth-order valence-corrected chi connectivity index (χ4v) is 2.38. The Morgan fingerprint density at radius 3 is 2.70 bits per heavy atom. The highest BCUT2D eigenvalue weighted by atomic mass is 16.2. The number of carbonyl (C=O) groups excluding carboxylic acids is 2. The molecule has 1 aliphatic rings. The molecule has 3 N–H and O–H groups in total. The average molecular weight is 275 g/mol. The Kier molecular flexibility index (Phi) is 4.98. The first-order chi connectivity index (χ1) is 9.65. The van der Waals surface area contributed by atoms with Crippen molar-refractivity contribution >= 4 is 17.5 Å². The molecule has 1 fully saturated rings. The van der Waals surface area contributed by atoms with Gasteiger partial charge in [-0.1, -0.05) is 12.1 Å². The highest BCUT2D eigenvalue weighted by Gasteiger charge is 2.17. The third-order valence-electron chi connectivity index (χ3n) is 3.44. The molecule has 1 heterocycles. The largest absolute Gasteiger partial charge is 0.399 e. The minimum Gasteiger partial charge on any atom is -0.399 e. The van der Waals surface area contributed by atoms with Crippen molar-refractivity contribution in [3.8, 4) is 0 Å². The predicted molar refractivity (Wildman–Crippen MR) is 78.0 cm³/mol. The van der Waals surface area contributed by atoms with Crippen LogP contribution < -0.4 is 11.1 Å². The summed E-state index contributed by atoms with van der Waals surface area (Å²) in [6.45, 7) is 2.11. The molecule has 5 nitrogen and oxygen atoms in total. The molecule has 1 aromatic rings. The van der Waals surface area contributed by atoms with Crippen LogP contribution in [0.5, 0.6) is 0 Å².